The van der Waals surface area contributed by atoms with Gasteiger partial charge in [-0.3, -0.25) is 10.1 Å². The topological polar surface area (TPSA) is 81.6 Å². The number of methoxy groups -OCH3 is 1. The zero-order valence-corrected chi connectivity index (χ0v) is 11.9. The third-order valence-corrected chi connectivity index (χ3v) is 3.87. The van der Waals surface area contributed by atoms with Gasteiger partial charge in [0.25, 0.3) is 5.69 Å². The van der Waals surface area contributed by atoms with E-state index in [1.807, 2.05) is 0 Å². The molecule has 0 aromatic heterocycles. The average Bonchev–Trinajstić information content (AvgIpc) is 3.22. The van der Waals surface area contributed by atoms with Crippen LogP contribution in [0.4, 0.5) is 17.1 Å². The minimum atomic E-state index is -0.455. The second-order valence-corrected chi connectivity index (χ2v) is 5.26. The molecular formula is C14H21N3O3. The molecule has 6 heteroatoms. The Labute approximate surface area is 118 Å². The normalized spacial score (nSPS) is 15.9. The van der Waals surface area contributed by atoms with Gasteiger partial charge in [0, 0.05) is 31.5 Å². The van der Waals surface area contributed by atoms with E-state index in [0.717, 1.165) is 12.2 Å². The molecule has 0 bridgehead atoms. The van der Waals surface area contributed by atoms with Crippen molar-refractivity contribution in [2.75, 3.05) is 30.9 Å². The number of anilines is 2. The average molecular weight is 279 g/mol. The van der Waals surface area contributed by atoms with Crippen molar-refractivity contribution in [3.8, 4) is 0 Å². The van der Waals surface area contributed by atoms with Crippen LogP contribution in [0.3, 0.4) is 0 Å². The van der Waals surface area contributed by atoms with E-state index in [1.165, 1.54) is 18.9 Å². The highest BCUT2D eigenvalue weighted by molar-refractivity contribution is 5.67. The number of hydrogen-bond donors (Lipinski definition) is 1. The van der Waals surface area contributed by atoms with Gasteiger partial charge in [0.15, 0.2) is 0 Å². The van der Waals surface area contributed by atoms with Gasteiger partial charge in [0.2, 0.25) is 0 Å². The van der Waals surface area contributed by atoms with Crippen LogP contribution in [0, 0.1) is 16.0 Å². The first-order chi connectivity index (χ1) is 9.54. The maximum Gasteiger partial charge on any atom is 0.292 e. The van der Waals surface area contributed by atoms with E-state index < -0.39 is 4.92 Å². The third-order valence-electron chi connectivity index (χ3n) is 3.87. The molecule has 1 saturated carbocycles. The van der Waals surface area contributed by atoms with E-state index in [0.29, 0.717) is 18.6 Å². The van der Waals surface area contributed by atoms with E-state index in [9.17, 15) is 10.1 Å². The van der Waals surface area contributed by atoms with Crippen LogP contribution in [0.25, 0.3) is 0 Å². The lowest BCUT2D eigenvalue weighted by molar-refractivity contribution is -0.383. The van der Waals surface area contributed by atoms with Crippen LogP contribution >= 0.6 is 0 Å². The number of nitro groups is 1. The van der Waals surface area contributed by atoms with Crippen LogP contribution in [-0.2, 0) is 4.74 Å². The molecule has 0 aliphatic heterocycles. The van der Waals surface area contributed by atoms with E-state index in [1.54, 1.807) is 19.2 Å². The lowest BCUT2D eigenvalue weighted by Gasteiger charge is -2.31. The first kappa shape index (κ1) is 14.6. The second kappa shape index (κ2) is 6.09. The number of rotatable bonds is 7. The monoisotopic (exact) mass is 279 g/mol. The number of nitrogens with zero attached hydrogens (tertiary/aromatic N) is 2. The zero-order chi connectivity index (χ0) is 14.7. The Morgan fingerprint density at radius 3 is 2.75 bits per heavy atom. The smallest absolute Gasteiger partial charge is 0.292 e. The molecule has 0 heterocycles. The first-order valence-corrected chi connectivity index (χ1v) is 6.84. The van der Waals surface area contributed by atoms with Gasteiger partial charge in [-0.25, -0.2) is 0 Å². The Hall–Kier alpha value is -1.82. The molecule has 0 saturated heterocycles. The molecule has 1 aliphatic carbocycles. The number of nitro benzene ring substituents is 1. The van der Waals surface area contributed by atoms with Crippen LogP contribution in [-0.4, -0.2) is 31.2 Å². The second-order valence-electron chi connectivity index (χ2n) is 5.26. The van der Waals surface area contributed by atoms with Gasteiger partial charge < -0.3 is 15.4 Å². The van der Waals surface area contributed by atoms with Gasteiger partial charge >= 0.3 is 0 Å². The lowest BCUT2D eigenvalue weighted by atomic mass is 10.1. The molecule has 2 N–H and O–H groups in total. The number of nitrogens with two attached hydrogens (primary N) is 1. The largest absolute Gasteiger partial charge is 0.393 e. The van der Waals surface area contributed by atoms with Crippen molar-refractivity contribution in [1.29, 1.82) is 0 Å². The Bertz CT molecular complexity index is 489. The van der Waals surface area contributed by atoms with Crippen molar-refractivity contribution in [2.45, 2.75) is 25.8 Å². The lowest BCUT2D eigenvalue weighted by Crippen LogP contribution is -2.37. The fourth-order valence-corrected chi connectivity index (χ4v) is 2.48. The van der Waals surface area contributed by atoms with E-state index >= 15 is 0 Å². The van der Waals surface area contributed by atoms with Crippen LogP contribution < -0.4 is 10.6 Å². The van der Waals surface area contributed by atoms with Crippen molar-refractivity contribution in [3.63, 3.8) is 0 Å². The molecule has 20 heavy (non-hydrogen) atoms. The summed E-state index contributed by atoms with van der Waals surface area (Å²) in [5, 5.41) is 10.8. The minimum absolute atomic E-state index is 0.0421. The Morgan fingerprint density at radius 2 is 2.25 bits per heavy atom. The van der Waals surface area contributed by atoms with Gasteiger partial charge in [0.1, 0.15) is 5.69 Å². The van der Waals surface area contributed by atoms with E-state index in [4.69, 9.17) is 10.5 Å². The third kappa shape index (κ3) is 3.19. The summed E-state index contributed by atoms with van der Waals surface area (Å²) in [5.74, 6) is 0.697. The van der Waals surface area contributed by atoms with Crippen molar-refractivity contribution in [1.82, 2.24) is 0 Å². The molecule has 0 radical (unpaired) electrons. The van der Waals surface area contributed by atoms with E-state index in [-0.39, 0.29) is 11.4 Å². The molecule has 1 aromatic carbocycles. The van der Waals surface area contributed by atoms with Gasteiger partial charge in [-0.1, -0.05) is 0 Å². The Balaban J connectivity index is 2.23. The van der Waals surface area contributed by atoms with Gasteiger partial charge in [-0.05, 0) is 37.8 Å². The summed E-state index contributed by atoms with van der Waals surface area (Å²) in [6.45, 7) is 3.56. The predicted molar refractivity (Wildman–Crippen MR) is 78.9 cm³/mol. The molecule has 0 amide bonds. The fourth-order valence-electron chi connectivity index (χ4n) is 2.48. The summed E-state index contributed by atoms with van der Waals surface area (Å²) in [4.78, 5) is 12.6. The Kier molecular flexibility index (Phi) is 4.44. The highest BCUT2D eigenvalue weighted by Gasteiger charge is 2.32. The summed E-state index contributed by atoms with van der Waals surface area (Å²) >= 11 is 0. The summed E-state index contributed by atoms with van der Waals surface area (Å²) in [6.07, 6.45) is 2.49. The highest BCUT2D eigenvalue weighted by Crippen LogP contribution is 2.37. The minimum Gasteiger partial charge on any atom is -0.393 e. The molecule has 1 unspecified atom stereocenters. The fraction of sp³-hybridized carbons (Fsp3) is 0.571. The van der Waals surface area contributed by atoms with Crippen molar-refractivity contribution in [2.24, 2.45) is 5.92 Å². The van der Waals surface area contributed by atoms with Gasteiger partial charge in [-0.2, -0.15) is 0 Å². The van der Waals surface area contributed by atoms with Crippen molar-refractivity contribution < 1.29 is 9.66 Å². The van der Waals surface area contributed by atoms with Crippen molar-refractivity contribution in [3.05, 3.63) is 28.3 Å². The summed E-state index contributed by atoms with van der Waals surface area (Å²) in [7, 11) is 1.67. The molecule has 1 atom stereocenters. The Morgan fingerprint density at radius 1 is 1.55 bits per heavy atom. The van der Waals surface area contributed by atoms with Crippen molar-refractivity contribution >= 4 is 17.1 Å². The summed E-state index contributed by atoms with van der Waals surface area (Å²) in [5.41, 5.74) is 6.87. The molecule has 2 rings (SSSR count). The van der Waals surface area contributed by atoms with Gasteiger partial charge in [-0.15, -0.1) is 0 Å². The molecule has 110 valence electrons. The number of nitrogen functional groups attached to an aromatic ring is 1. The molecule has 1 aliphatic rings. The SMILES string of the molecule is COCCN(c1ccc([N+](=O)[O-])c(N)c1)C(C)C1CC1. The maximum absolute atomic E-state index is 10.8. The number of ether oxygens (including phenoxy) is 1. The zero-order valence-electron chi connectivity index (χ0n) is 11.9. The van der Waals surface area contributed by atoms with Crippen LogP contribution in [0.1, 0.15) is 19.8 Å². The highest BCUT2D eigenvalue weighted by atomic mass is 16.6. The van der Waals surface area contributed by atoms with Crippen LogP contribution in [0.2, 0.25) is 0 Å². The molecule has 0 spiro atoms. The molecule has 1 aromatic rings. The van der Waals surface area contributed by atoms with Crippen LogP contribution in [0.15, 0.2) is 18.2 Å². The van der Waals surface area contributed by atoms with Gasteiger partial charge in [0.05, 0.1) is 11.5 Å². The number of hydrogen-bond acceptors (Lipinski definition) is 5. The van der Waals surface area contributed by atoms with E-state index in [2.05, 4.69) is 11.8 Å². The summed E-state index contributed by atoms with van der Waals surface area (Å²) < 4.78 is 5.16. The van der Waals surface area contributed by atoms with Crippen LogP contribution in [0.5, 0.6) is 0 Å². The predicted octanol–water partition coefficient (Wildman–Crippen LogP) is 2.43. The summed E-state index contributed by atoms with van der Waals surface area (Å²) in [6, 6.07) is 5.32. The maximum atomic E-state index is 10.8. The first-order valence-electron chi connectivity index (χ1n) is 6.84. The molecular weight excluding hydrogens is 258 g/mol. The quantitative estimate of drug-likeness (QED) is 0.471. The number of benzene rings is 1. The molecule has 1 fully saturated rings. The standard InChI is InChI=1S/C14H21N3O3/c1-10(11-3-4-11)16(7-8-20-2)12-5-6-14(17(18)19)13(15)9-12/h5-6,9-11H,3-4,7-8,15H2,1-2H3. The molecule has 6 nitrogen and oxygen atoms in total.